The second kappa shape index (κ2) is 5.12. The molecule has 0 unspecified atom stereocenters. The topological polar surface area (TPSA) is 24.9 Å². The fraction of sp³-hybridized carbons (Fsp3) is 0.154. The number of nitrogens with zero attached hydrogens (tertiary/aromatic N) is 1. The number of anilines is 1. The summed E-state index contributed by atoms with van der Waals surface area (Å²) in [5.74, 6) is 0. The van der Waals surface area contributed by atoms with E-state index in [1.54, 1.807) is 0 Å². The number of aromatic nitrogens is 1. The molecule has 1 heterocycles. The highest BCUT2D eigenvalue weighted by atomic mass is 79.9. The van der Waals surface area contributed by atoms with Gasteiger partial charge in [0.1, 0.15) is 0 Å². The first-order valence-electron chi connectivity index (χ1n) is 5.15. The molecule has 0 amide bonds. The van der Waals surface area contributed by atoms with Gasteiger partial charge >= 0.3 is 0 Å². The smallest absolute Gasteiger partial charge is 0.0416 e. The number of halogens is 1. The molecular formula is C13H13BrN2. The highest BCUT2D eigenvalue weighted by Crippen LogP contribution is 2.14. The summed E-state index contributed by atoms with van der Waals surface area (Å²) in [5.41, 5.74) is 3.35. The second-order valence-corrected chi connectivity index (χ2v) is 4.58. The molecule has 3 heteroatoms. The Balaban J connectivity index is 1.97. The SMILES string of the molecule is Cc1ccc(CNc2ccc(Br)cc2)cn1. The maximum absolute atomic E-state index is 4.26. The van der Waals surface area contributed by atoms with E-state index in [1.807, 2.05) is 43.5 Å². The molecule has 0 saturated heterocycles. The van der Waals surface area contributed by atoms with Gasteiger partial charge in [0.15, 0.2) is 0 Å². The number of hydrogen-bond acceptors (Lipinski definition) is 2. The van der Waals surface area contributed by atoms with Gasteiger partial charge in [-0.25, -0.2) is 0 Å². The third-order valence-corrected chi connectivity index (χ3v) is 2.84. The fourth-order valence-electron chi connectivity index (χ4n) is 1.37. The number of hydrogen-bond donors (Lipinski definition) is 1. The van der Waals surface area contributed by atoms with E-state index in [4.69, 9.17) is 0 Å². The van der Waals surface area contributed by atoms with E-state index in [9.17, 15) is 0 Å². The molecule has 82 valence electrons. The minimum Gasteiger partial charge on any atom is -0.381 e. The number of pyridine rings is 1. The zero-order valence-electron chi connectivity index (χ0n) is 9.07. The Labute approximate surface area is 104 Å². The van der Waals surface area contributed by atoms with Crippen molar-refractivity contribution in [1.82, 2.24) is 4.98 Å². The van der Waals surface area contributed by atoms with Gasteiger partial charge in [0.2, 0.25) is 0 Å². The van der Waals surface area contributed by atoms with E-state index in [-0.39, 0.29) is 0 Å². The minimum absolute atomic E-state index is 0.801. The maximum atomic E-state index is 4.26. The van der Waals surface area contributed by atoms with Gasteiger partial charge < -0.3 is 5.32 Å². The summed E-state index contributed by atoms with van der Waals surface area (Å²) in [6.45, 7) is 2.79. The van der Waals surface area contributed by atoms with Crippen LogP contribution >= 0.6 is 15.9 Å². The molecule has 1 aromatic heterocycles. The lowest BCUT2D eigenvalue weighted by molar-refractivity contribution is 1.09. The van der Waals surface area contributed by atoms with Crippen molar-refractivity contribution < 1.29 is 0 Å². The normalized spacial score (nSPS) is 10.1. The third kappa shape index (κ3) is 3.07. The van der Waals surface area contributed by atoms with Crippen molar-refractivity contribution >= 4 is 21.6 Å². The summed E-state index contributed by atoms with van der Waals surface area (Å²) in [6, 6.07) is 12.3. The molecule has 2 aromatic rings. The summed E-state index contributed by atoms with van der Waals surface area (Å²) in [6.07, 6.45) is 1.90. The van der Waals surface area contributed by atoms with Crippen molar-refractivity contribution in [2.24, 2.45) is 0 Å². The Morgan fingerprint density at radius 2 is 1.88 bits per heavy atom. The van der Waals surface area contributed by atoms with E-state index in [0.29, 0.717) is 0 Å². The molecule has 0 aliphatic heterocycles. The van der Waals surface area contributed by atoms with Crippen LogP contribution in [0.25, 0.3) is 0 Å². The quantitative estimate of drug-likeness (QED) is 0.923. The first kappa shape index (κ1) is 11.1. The van der Waals surface area contributed by atoms with E-state index < -0.39 is 0 Å². The number of rotatable bonds is 3. The average Bonchev–Trinajstić information content (AvgIpc) is 2.30. The molecule has 1 N–H and O–H groups in total. The fourth-order valence-corrected chi connectivity index (χ4v) is 1.64. The second-order valence-electron chi connectivity index (χ2n) is 3.67. The largest absolute Gasteiger partial charge is 0.381 e. The summed E-state index contributed by atoms with van der Waals surface area (Å²) in [5, 5.41) is 3.35. The molecule has 2 rings (SSSR count). The minimum atomic E-state index is 0.801. The molecule has 0 radical (unpaired) electrons. The van der Waals surface area contributed by atoms with Crippen LogP contribution in [0.1, 0.15) is 11.3 Å². The molecule has 0 aliphatic carbocycles. The Kier molecular flexibility index (Phi) is 3.57. The first-order chi connectivity index (χ1) is 7.74. The van der Waals surface area contributed by atoms with Gasteiger partial charge in [-0.15, -0.1) is 0 Å². The van der Waals surface area contributed by atoms with Crippen molar-refractivity contribution in [1.29, 1.82) is 0 Å². The van der Waals surface area contributed by atoms with Crippen LogP contribution in [-0.4, -0.2) is 4.98 Å². The van der Waals surface area contributed by atoms with E-state index >= 15 is 0 Å². The van der Waals surface area contributed by atoms with Crippen molar-refractivity contribution in [2.45, 2.75) is 13.5 Å². The molecule has 2 nitrogen and oxygen atoms in total. The third-order valence-electron chi connectivity index (χ3n) is 2.31. The molecule has 0 atom stereocenters. The number of benzene rings is 1. The van der Waals surface area contributed by atoms with E-state index in [1.165, 1.54) is 5.56 Å². The molecule has 0 fully saturated rings. The van der Waals surface area contributed by atoms with Crippen LogP contribution in [0.5, 0.6) is 0 Å². The van der Waals surface area contributed by atoms with Gasteiger partial charge in [-0.2, -0.15) is 0 Å². The lowest BCUT2D eigenvalue weighted by Gasteiger charge is -2.06. The van der Waals surface area contributed by atoms with Crippen molar-refractivity contribution in [3.05, 3.63) is 58.3 Å². The van der Waals surface area contributed by atoms with Gasteiger partial charge in [0.05, 0.1) is 0 Å². The van der Waals surface area contributed by atoms with Crippen LogP contribution in [0.15, 0.2) is 47.1 Å². The lowest BCUT2D eigenvalue weighted by Crippen LogP contribution is -1.99. The summed E-state index contributed by atoms with van der Waals surface area (Å²) in [4.78, 5) is 4.26. The molecule has 0 spiro atoms. The maximum Gasteiger partial charge on any atom is 0.0416 e. The van der Waals surface area contributed by atoms with Crippen LogP contribution < -0.4 is 5.32 Å². The Bertz CT molecular complexity index is 403. The van der Waals surface area contributed by atoms with Crippen molar-refractivity contribution in [3.63, 3.8) is 0 Å². The number of nitrogens with one attached hydrogen (secondary N) is 1. The standard InChI is InChI=1S/C13H13BrN2/c1-10-2-3-11(8-15-10)9-16-13-6-4-12(14)5-7-13/h2-8,16H,9H2,1H3. The number of aryl methyl sites for hydroxylation is 1. The zero-order valence-corrected chi connectivity index (χ0v) is 10.7. The van der Waals surface area contributed by atoms with Crippen LogP contribution in [0, 0.1) is 6.92 Å². The van der Waals surface area contributed by atoms with Gasteiger partial charge in [0.25, 0.3) is 0 Å². The van der Waals surface area contributed by atoms with Gasteiger partial charge in [0, 0.05) is 28.6 Å². The molecular weight excluding hydrogens is 264 g/mol. The van der Waals surface area contributed by atoms with Crippen LogP contribution in [0.4, 0.5) is 5.69 Å². The molecule has 0 saturated carbocycles. The van der Waals surface area contributed by atoms with Crippen LogP contribution in [0.3, 0.4) is 0 Å². The Hall–Kier alpha value is -1.35. The highest BCUT2D eigenvalue weighted by Gasteiger charge is 1.94. The molecule has 0 bridgehead atoms. The van der Waals surface area contributed by atoms with Gasteiger partial charge in [-0.3, -0.25) is 4.98 Å². The van der Waals surface area contributed by atoms with Crippen molar-refractivity contribution in [2.75, 3.05) is 5.32 Å². The monoisotopic (exact) mass is 276 g/mol. The van der Waals surface area contributed by atoms with Gasteiger partial charge in [-0.05, 0) is 42.8 Å². The summed E-state index contributed by atoms with van der Waals surface area (Å²) >= 11 is 3.41. The highest BCUT2D eigenvalue weighted by molar-refractivity contribution is 9.10. The summed E-state index contributed by atoms with van der Waals surface area (Å²) < 4.78 is 1.09. The Morgan fingerprint density at radius 3 is 2.50 bits per heavy atom. The lowest BCUT2D eigenvalue weighted by atomic mass is 10.2. The predicted molar refractivity (Wildman–Crippen MR) is 70.4 cm³/mol. The van der Waals surface area contributed by atoms with Gasteiger partial charge in [-0.1, -0.05) is 22.0 Å². The predicted octanol–water partition coefficient (Wildman–Crippen LogP) is 3.76. The Morgan fingerprint density at radius 1 is 1.12 bits per heavy atom. The molecule has 1 aromatic carbocycles. The zero-order chi connectivity index (χ0) is 11.4. The van der Waals surface area contributed by atoms with E-state index in [0.717, 1.165) is 22.4 Å². The molecule has 0 aliphatic rings. The first-order valence-corrected chi connectivity index (χ1v) is 5.94. The van der Waals surface area contributed by atoms with Crippen LogP contribution in [0.2, 0.25) is 0 Å². The molecule has 16 heavy (non-hydrogen) atoms. The van der Waals surface area contributed by atoms with Crippen LogP contribution in [-0.2, 0) is 6.54 Å². The summed E-state index contributed by atoms with van der Waals surface area (Å²) in [7, 11) is 0. The van der Waals surface area contributed by atoms with Crippen molar-refractivity contribution in [3.8, 4) is 0 Å². The van der Waals surface area contributed by atoms with E-state index in [2.05, 4.69) is 32.3 Å². The average molecular weight is 277 g/mol.